The van der Waals surface area contributed by atoms with Gasteiger partial charge in [0.15, 0.2) is 0 Å². The number of esters is 1. The molecule has 0 bridgehead atoms. The Bertz CT molecular complexity index is 3200. The van der Waals surface area contributed by atoms with Crippen LogP contribution in [0.3, 0.4) is 0 Å². The number of carbonyl (C=O) groups is 3. The van der Waals surface area contributed by atoms with Crippen LogP contribution in [0.5, 0.6) is 11.5 Å². The van der Waals surface area contributed by atoms with E-state index in [1.807, 2.05) is 65.8 Å². The Morgan fingerprint density at radius 3 is 2.11 bits per heavy atom. The summed E-state index contributed by atoms with van der Waals surface area (Å²) in [6.45, 7) is 7.32. The van der Waals surface area contributed by atoms with Gasteiger partial charge in [0, 0.05) is 36.4 Å². The molecule has 0 aliphatic carbocycles. The first-order chi connectivity index (χ1) is 35.2. The molecule has 72 heavy (non-hydrogen) atoms. The van der Waals surface area contributed by atoms with Crippen molar-refractivity contribution < 1.29 is 23.9 Å². The van der Waals surface area contributed by atoms with Crippen LogP contribution in [0.2, 0.25) is 0 Å². The predicted molar refractivity (Wildman–Crippen MR) is 296 cm³/mol. The number of aromatic nitrogens is 1. The number of nitrogens with zero attached hydrogens (tertiary/aromatic N) is 4. The summed E-state index contributed by atoms with van der Waals surface area (Å²) in [7, 11) is 0. The third-order valence-electron chi connectivity index (χ3n) is 12.4. The monoisotopic (exact) mass is 1030 g/mol. The molecule has 0 saturated heterocycles. The summed E-state index contributed by atoms with van der Waals surface area (Å²) in [5, 5.41) is 9.98. The molecule has 8 aromatic rings. The van der Waals surface area contributed by atoms with E-state index in [1.54, 1.807) is 35.6 Å². The quantitative estimate of drug-likeness (QED) is 0.0134. The Morgan fingerprint density at radius 2 is 1.42 bits per heavy atom. The molecule has 1 aliphatic heterocycles. The van der Waals surface area contributed by atoms with Crippen LogP contribution >= 0.6 is 27.3 Å². The molecule has 1 aliphatic rings. The van der Waals surface area contributed by atoms with Crippen molar-refractivity contribution in [3.63, 3.8) is 0 Å². The minimum atomic E-state index is -0.554. The summed E-state index contributed by atoms with van der Waals surface area (Å²) >= 11 is 5.33. The lowest BCUT2D eigenvalue weighted by molar-refractivity contribution is -0.136. The van der Waals surface area contributed by atoms with Gasteiger partial charge in [0.1, 0.15) is 11.5 Å². The van der Waals surface area contributed by atoms with Crippen LogP contribution in [-0.2, 0) is 16.0 Å². The SMILES string of the molecule is C=CCCN(/N=C/c1cc(OC(=O)c2ccc(OCCCN3C(=O)C=CC3=O)cc2)c(Br)cc1-c1ccc2cc(-c3ccc(CCCCC)cc3)ccc2c1)c1nc(-c2ccccc2)c(-c2ccccc2)s1. The molecule has 0 saturated carbocycles. The van der Waals surface area contributed by atoms with Crippen LogP contribution in [0, 0.1) is 0 Å². The number of ether oxygens (including phenoxy) is 2. The normalized spacial score (nSPS) is 12.3. The first-order valence-electron chi connectivity index (χ1n) is 24.2. The molecule has 0 spiro atoms. The number of fused-ring (bicyclic) bond motifs is 1. The average Bonchev–Trinajstić information content (AvgIpc) is 4.01. The lowest BCUT2D eigenvalue weighted by Gasteiger charge is -2.16. The van der Waals surface area contributed by atoms with Gasteiger partial charge < -0.3 is 9.47 Å². The number of hydrazone groups is 1. The first kappa shape index (κ1) is 49.3. The van der Waals surface area contributed by atoms with E-state index in [4.69, 9.17) is 19.6 Å². The maximum Gasteiger partial charge on any atom is 0.343 e. The largest absolute Gasteiger partial charge is 0.494 e. The third kappa shape index (κ3) is 11.9. The molecule has 9 nitrogen and oxygen atoms in total. The number of carbonyl (C=O) groups excluding carboxylic acids is 3. The zero-order valence-electron chi connectivity index (χ0n) is 40.0. The lowest BCUT2D eigenvalue weighted by atomic mass is 9.95. The van der Waals surface area contributed by atoms with E-state index >= 15 is 0 Å². The molecule has 11 heteroatoms. The molecule has 2 heterocycles. The van der Waals surface area contributed by atoms with Gasteiger partial charge in [-0.2, -0.15) is 5.10 Å². The lowest BCUT2D eigenvalue weighted by Crippen LogP contribution is -2.31. The fraction of sp³-hybridized carbons (Fsp3) is 0.164. The van der Waals surface area contributed by atoms with E-state index in [0.29, 0.717) is 40.9 Å². The number of hydrogen-bond acceptors (Lipinski definition) is 9. The number of unbranched alkanes of at least 4 members (excludes halogenated alkanes) is 2. The van der Waals surface area contributed by atoms with Crippen LogP contribution in [-0.4, -0.2) is 53.6 Å². The Balaban J connectivity index is 1.02. The number of rotatable bonds is 21. The van der Waals surface area contributed by atoms with E-state index in [-0.39, 0.29) is 25.0 Å². The summed E-state index contributed by atoms with van der Waals surface area (Å²) < 4.78 is 12.5. The maximum atomic E-state index is 13.8. The Kier molecular flexibility index (Phi) is 16.0. The van der Waals surface area contributed by atoms with Crippen molar-refractivity contribution in [1.82, 2.24) is 9.88 Å². The molecule has 9 rings (SSSR count). The zero-order chi connectivity index (χ0) is 49.8. The van der Waals surface area contributed by atoms with Gasteiger partial charge in [0.05, 0.1) is 33.4 Å². The number of hydrogen-bond donors (Lipinski definition) is 0. The van der Waals surface area contributed by atoms with Gasteiger partial charge >= 0.3 is 5.97 Å². The topological polar surface area (TPSA) is 101 Å². The third-order valence-corrected chi connectivity index (χ3v) is 14.1. The van der Waals surface area contributed by atoms with E-state index < -0.39 is 5.97 Å². The van der Waals surface area contributed by atoms with Crippen LogP contribution in [0.1, 0.15) is 60.5 Å². The molecular formula is C61H53BrN4O5S. The second-order valence-electron chi connectivity index (χ2n) is 17.4. The molecule has 2 amide bonds. The Morgan fingerprint density at radius 1 is 0.750 bits per heavy atom. The first-order valence-corrected chi connectivity index (χ1v) is 25.9. The molecule has 0 fully saturated rings. The van der Waals surface area contributed by atoms with E-state index in [0.717, 1.165) is 66.3 Å². The number of anilines is 1. The van der Waals surface area contributed by atoms with Crippen molar-refractivity contribution in [2.75, 3.05) is 24.7 Å². The summed E-state index contributed by atoms with van der Waals surface area (Å²) in [6, 6.07) is 52.9. The standard InChI is InChI=1S/C61H53BrN4O5S/c1-3-5-9-15-42-20-22-43(23-21-42)47-24-25-49-38-50(27-26-48(49)37-47)53-40-54(62)55(71-60(69)46-28-30-52(31-29-46)70-36-14-34-65-56(67)32-33-57(65)68)39-51(53)41-63-66(35-6-4-2)61-64-58(44-16-10-7-11-17-44)59(72-61)45-18-12-8-13-19-45/h4,7-8,10-13,16-33,37-41H,2-3,5-6,9,14-15,34-36H2,1H3/b63-41+. The number of amides is 2. The highest BCUT2D eigenvalue weighted by atomic mass is 79.9. The van der Waals surface area contributed by atoms with Crippen molar-refractivity contribution in [2.45, 2.75) is 45.4 Å². The smallest absolute Gasteiger partial charge is 0.343 e. The second-order valence-corrected chi connectivity index (χ2v) is 19.3. The minimum Gasteiger partial charge on any atom is -0.494 e. The second kappa shape index (κ2) is 23.5. The Labute approximate surface area is 432 Å². The summed E-state index contributed by atoms with van der Waals surface area (Å²) in [5.74, 6) is -0.340. The molecule has 0 radical (unpaired) electrons. The number of aryl methyl sites for hydroxylation is 1. The van der Waals surface area contributed by atoms with Gasteiger partial charge in [-0.1, -0.05) is 146 Å². The molecular weight excluding hydrogens is 981 g/mol. The molecule has 7 aromatic carbocycles. The van der Waals surface area contributed by atoms with Gasteiger partial charge in [-0.15, -0.1) is 6.58 Å². The molecule has 0 atom stereocenters. The van der Waals surface area contributed by atoms with Crippen molar-refractivity contribution in [2.24, 2.45) is 5.10 Å². The summed E-state index contributed by atoms with van der Waals surface area (Å²) in [6.07, 6.45) is 12.1. The van der Waals surface area contributed by atoms with Gasteiger partial charge in [-0.05, 0) is 134 Å². The number of imide groups is 1. The van der Waals surface area contributed by atoms with Crippen LogP contribution in [0.4, 0.5) is 5.13 Å². The van der Waals surface area contributed by atoms with Crippen LogP contribution in [0.25, 0.3) is 54.7 Å². The van der Waals surface area contributed by atoms with Gasteiger partial charge in [-0.25, -0.2) is 14.8 Å². The summed E-state index contributed by atoms with van der Waals surface area (Å²) in [4.78, 5) is 45.0. The highest BCUT2D eigenvalue weighted by Crippen LogP contribution is 2.41. The van der Waals surface area contributed by atoms with Gasteiger partial charge in [0.2, 0.25) is 5.13 Å². The highest BCUT2D eigenvalue weighted by molar-refractivity contribution is 9.10. The van der Waals surface area contributed by atoms with Crippen molar-refractivity contribution in [1.29, 1.82) is 0 Å². The minimum absolute atomic E-state index is 0.258. The van der Waals surface area contributed by atoms with E-state index in [2.05, 4.69) is 114 Å². The maximum absolute atomic E-state index is 13.8. The number of thiazole rings is 1. The zero-order valence-corrected chi connectivity index (χ0v) is 42.4. The fourth-order valence-corrected chi connectivity index (χ4v) is 10.00. The number of benzene rings is 7. The van der Waals surface area contributed by atoms with E-state index in [9.17, 15) is 14.4 Å². The molecule has 1 aromatic heterocycles. The van der Waals surface area contributed by atoms with E-state index in [1.165, 1.54) is 47.4 Å². The predicted octanol–water partition coefficient (Wildman–Crippen LogP) is 14.8. The van der Waals surface area contributed by atoms with Crippen molar-refractivity contribution in [3.8, 4) is 55.5 Å². The van der Waals surface area contributed by atoms with Crippen molar-refractivity contribution in [3.05, 3.63) is 204 Å². The summed E-state index contributed by atoms with van der Waals surface area (Å²) in [5.41, 5.74) is 9.56. The highest BCUT2D eigenvalue weighted by Gasteiger charge is 2.23. The van der Waals surface area contributed by atoms with Crippen LogP contribution in [0.15, 0.2) is 192 Å². The molecule has 360 valence electrons. The molecule has 0 N–H and O–H groups in total. The fourth-order valence-electron chi connectivity index (χ4n) is 8.49. The van der Waals surface area contributed by atoms with Crippen LogP contribution < -0.4 is 14.5 Å². The van der Waals surface area contributed by atoms with Gasteiger partial charge in [-0.3, -0.25) is 14.5 Å². The van der Waals surface area contributed by atoms with Crippen molar-refractivity contribution >= 4 is 67.2 Å². The average molecular weight is 1030 g/mol. The molecule has 0 unspecified atom stereocenters. The number of halogens is 1. The Hall–Kier alpha value is -7.73. The van der Waals surface area contributed by atoms with Gasteiger partial charge in [0.25, 0.3) is 11.8 Å².